The second-order valence-electron chi connectivity index (χ2n) is 5.58. The van der Waals surface area contributed by atoms with Crippen LogP contribution in [0, 0.1) is 6.42 Å². The zero-order chi connectivity index (χ0) is 14.0. The molecule has 0 unspecified atom stereocenters. The van der Waals surface area contributed by atoms with Crippen molar-refractivity contribution in [2.75, 3.05) is 6.54 Å². The Morgan fingerprint density at radius 3 is 1.63 bits per heavy atom. The van der Waals surface area contributed by atoms with E-state index in [1.807, 2.05) is 6.42 Å². The highest BCUT2D eigenvalue weighted by atomic mass is 14.5. The molecule has 0 bridgehead atoms. The maximum Gasteiger partial charge on any atom is -0.000802 e. The van der Waals surface area contributed by atoms with Gasteiger partial charge in [0, 0.05) is 0 Å². The average molecular weight is 266 g/mol. The van der Waals surface area contributed by atoms with Gasteiger partial charge in [-0.05, 0) is 25.8 Å². The quantitative estimate of drug-likeness (QED) is 0.373. The van der Waals surface area contributed by atoms with Gasteiger partial charge in [0.15, 0.2) is 0 Å². The zero-order valence-corrected chi connectivity index (χ0v) is 13.2. The summed E-state index contributed by atoms with van der Waals surface area (Å²) in [5.74, 6) is 0. The molecule has 0 spiro atoms. The third-order valence-corrected chi connectivity index (χ3v) is 3.63. The van der Waals surface area contributed by atoms with Crippen LogP contribution in [-0.4, -0.2) is 6.54 Å². The van der Waals surface area contributed by atoms with Crippen LogP contribution in [0.3, 0.4) is 0 Å². The van der Waals surface area contributed by atoms with E-state index in [0.717, 1.165) is 0 Å². The van der Waals surface area contributed by atoms with Crippen molar-refractivity contribution in [3.8, 4) is 0 Å². The molecule has 0 aromatic rings. The summed E-state index contributed by atoms with van der Waals surface area (Å²) in [5, 5.41) is 0. The standard InChI is InChI=1S/C18H36N/c1-2-3-4-5-6-7-8-9-10-11-12-13-14-15-16-17-18-19/h15-17H,2-14,18-19H2,1H3. The predicted molar refractivity (Wildman–Crippen MR) is 88.2 cm³/mol. The minimum absolute atomic E-state index is 0.662. The molecule has 0 aliphatic carbocycles. The summed E-state index contributed by atoms with van der Waals surface area (Å²) in [5.41, 5.74) is 5.38. The van der Waals surface area contributed by atoms with Crippen LogP contribution in [-0.2, 0) is 0 Å². The van der Waals surface area contributed by atoms with E-state index < -0.39 is 0 Å². The number of allylic oxidation sites excluding steroid dienone is 1. The van der Waals surface area contributed by atoms with E-state index in [9.17, 15) is 0 Å². The lowest BCUT2D eigenvalue weighted by molar-refractivity contribution is 0.545. The van der Waals surface area contributed by atoms with Gasteiger partial charge in [0.05, 0.1) is 0 Å². The third-order valence-electron chi connectivity index (χ3n) is 3.63. The van der Waals surface area contributed by atoms with E-state index in [0.29, 0.717) is 6.54 Å². The van der Waals surface area contributed by atoms with Gasteiger partial charge in [0.1, 0.15) is 0 Å². The van der Waals surface area contributed by atoms with Crippen molar-refractivity contribution < 1.29 is 0 Å². The maximum absolute atomic E-state index is 5.38. The van der Waals surface area contributed by atoms with Gasteiger partial charge in [0.25, 0.3) is 0 Å². The Labute approximate surface area is 122 Å². The van der Waals surface area contributed by atoms with Crippen LogP contribution < -0.4 is 5.73 Å². The summed E-state index contributed by atoms with van der Waals surface area (Å²) in [6.07, 6.45) is 24.7. The molecule has 0 amide bonds. The molecule has 0 atom stereocenters. The van der Waals surface area contributed by atoms with Crippen LogP contribution in [0.1, 0.15) is 90.4 Å². The molecule has 1 nitrogen and oxygen atoms in total. The Bertz CT molecular complexity index is 175. The smallest absolute Gasteiger partial charge is 0.000802 e. The second kappa shape index (κ2) is 17.7. The molecule has 2 N–H and O–H groups in total. The van der Waals surface area contributed by atoms with Crippen LogP contribution in [0.4, 0.5) is 0 Å². The number of hydrogen-bond donors (Lipinski definition) is 1. The topological polar surface area (TPSA) is 26.0 Å². The largest absolute Gasteiger partial charge is 0.330 e. The summed E-state index contributed by atoms with van der Waals surface area (Å²) < 4.78 is 0. The first kappa shape index (κ1) is 18.7. The van der Waals surface area contributed by atoms with Gasteiger partial charge < -0.3 is 5.73 Å². The van der Waals surface area contributed by atoms with Gasteiger partial charge in [-0.2, -0.15) is 0 Å². The molecule has 0 aliphatic heterocycles. The molecule has 1 heteroatoms. The van der Waals surface area contributed by atoms with Gasteiger partial charge in [-0.3, -0.25) is 0 Å². The van der Waals surface area contributed by atoms with E-state index >= 15 is 0 Å². The van der Waals surface area contributed by atoms with E-state index in [1.165, 1.54) is 83.5 Å². The first-order valence-corrected chi connectivity index (χ1v) is 8.60. The van der Waals surface area contributed by atoms with E-state index in [1.54, 1.807) is 0 Å². The highest BCUT2D eigenvalue weighted by Crippen LogP contribution is 2.12. The Morgan fingerprint density at radius 1 is 0.684 bits per heavy atom. The lowest BCUT2D eigenvalue weighted by atomic mass is 10.0. The molecular formula is C18H36N. The molecule has 0 aromatic heterocycles. The molecule has 0 rings (SSSR count). The molecule has 1 radical (unpaired) electrons. The predicted octanol–water partition coefficient (Wildman–Crippen LogP) is 5.80. The Kier molecular flexibility index (Phi) is 17.4. The second-order valence-corrected chi connectivity index (χ2v) is 5.58. The highest BCUT2D eigenvalue weighted by Gasteiger charge is 1.92. The lowest BCUT2D eigenvalue weighted by Gasteiger charge is -2.02. The molecule has 0 heterocycles. The molecular weight excluding hydrogens is 230 g/mol. The van der Waals surface area contributed by atoms with Crippen LogP contribution in [0.5, 0.6) is 0 Å². The highest BCUT2D eigenvalue weighted by molar-refractivity contribution is 4.94. The van der Waals surface area contributed by atoms with E-state index in [4.69, 9.17) is 5.73 Å². The zero-order valence-electron chi connectivity index (χ0n) is 13.2. The fourth-order valence-corrected chi connectivity index (χ4v) is 2.37. The SMILES string of the molecule is CCCCCCCCCCCCCCC=C[CH]CN. The summed E-state index contributed by atoms with van der Waals surface area (Å²) in [4.78, 5) is 0. The van der Waals surface area contributed by atoms with Gasteiger partial charge in [-0.1, -0.05) is 89.7 Å². The van der Waals surface area contributed by atoms with Crippen molar-refractivity contribution in [2.45, 2.75) is 90.4 Å². The van der Waals surface area contributed by atoms with Gasteiger partial charge >= 0.3 is 0 Å². The monoisotopic (exact) mass is 266 g/mol. The molecule has 0 saturated carbocycles. The van der Waals surface area contributed by atoms with Crippen LogP contribution in [0.25, 0.3) is 0 Å². The molecule has 0 fully saturated rings. The van der Waals surface area contributed by atoms with Crippen molar-refractivity contribution in [2.24, 2.45) is 5.73 Å². The van der Waals surface area contributed by atoms with Crippen molar-refractivity contribution >= 4 is 0 Å². The summed E-state index contributed by atoms with van der Waals surface area (Å²) in [7, 11) is 0. The van der Waals surface area contributed by atoms with Crippen molar-refractivity contribution in [3.63, 3.8) is 0 Å². The third kappa shape index (κ3) is 17.7. The number of rotatable bonds is 15. The normalized spacial score (nSPS) is 11.5. The van der Waals surface area contributed by atoms with Gasteiger partial charge in [-0.25, -0.2) is 0 Å². The van der Waals surface area contributed by atoms with E-state index in [2.05, 4.69) is 19.1 Å². The Balaban J connectivity index is 2.95. The van der Waals surface area contributed by atoms with Crippen LogP contribution >= 0.6 is 0 Å². The van der Waals surface area contributed by atoms with Crippen LogP contribution in [0.2, 0.25) is 0 Å². The van der Waals surface area contributed by atoms with Crippen molar-refractivity contribution in [3.05, 3.63) is 18.6 Å². The maximum atomic E-state index is 5.38. The van der Waals surface area contributed by atoms with Gasteiger partial charge in [-0.15, -0.1) is 0 Å². The van der Waals surface area contributed by atoms with Gasteiger partial charge in [0.2, 0.25) is 0 Å². The minimum atomic E-state index is 0.662. The molecule has 0 aromatic carbocycles. The van der Waals surface area contributed by atoms with Crippen molar-refractivity contribution in [1.29, 1.82) is 0 Å². The number of nitrogens with two attached hydrogens (primary N) is 1. The van der Waals surface area contributed by atoms with Crippen LogP contribution in [0.15, 0.2) is 12.2 Å². The first-order chi connectivity index (χ1) is 9.41. The average Bonchev–Trinajstić information content (AvgIpc) is 2.43. The fourth-order valence-electron chi connectivity index (χ4n) is 2.37. The summed E-state index contributed by atoms with van der Waals surface area (Å²) >= 11 is 0. The van der Waals surface area contributed by atoms with E-state index in [-0.39, 0.29) is 0 Å². The Hall–Kier alpha value is -0.300. The first-order valence-electron chi connectivity index (χ1n) is 8.60. The van der Waals surface area contributed by atoms with Crippen molar-refractivity contribution in [1.82, 2.24) is 0 Å². The molecule has 113 valence electrons. The molecule has 19 heavy (non-hydrogen) atoms. The lowest BCUT2D eigenvalue weighted by Crippen LogP contribution is -1.95. The number of unbranched alkanes of at least 4 members (excludes halogenated alkanes) is 12. The minimum Gasteiger partial charge on any atom is -0.330 e. The Morgan fingerprint density at radius 2 is 1.16 bits per heavy atom. The summed E-state index contributed by atoms with van der Waals surface area (Å²) in [6, 6.07) is 0. The summed E-state index contributed by atoms with van der Waals surface area (Å²) in [6.45, 7) is 2.95. The number of hydrogen-bond acceptors (Lipinski definition) is 1. The fraction of sp³-hybridized carbons (Fsp3) is 0.833. The molecule has 0 aliphatic rings. The molecule has 0 saturated heterocycles.